The first-order valence-corrected chi connectivity index (χ1v) is 6.79. The van der Waals surface area contributed by atoms with Gasteiger partial charge in [0.1, 0.15) is 12.4 Å². The first-order chi connectivity index (χ1) is 9.19. The third-order valence-corrected chi connectivity index (χ3v) is 3.31. The highest BCUT2D eigenvalue weighted by Gasteiger charge is 2.06. The van der Waals surface area contributed by atoms with Gasteiger partial charge in [0.05, 0.1) is 6.04 Å². The van der Waals surface area contributed by atoms with Gasteiger partial charge in [-0.15, -0.1) is 0 Å². The zero-order valence-corrected chi connectivity index (χ0v) is 11.7. The second-order valence-electron chi connectivity index (χ2n) is 4.47. The Hall–Kier alpha value is -1.51. The van der Waals surface area contributed by atoms with E-state index < -0.39 is 0 Å². The van der Waals surface area contributed by atoms with E-state index in [0.717, 1.165) is 17.7 Å². The van der Waals surface area contributed by atoms with Crippen molar-refractivity contribution in [3.63, 3.8) is 0 Å². The third kappa shape index (κ3) is 3.98. The summed E-state index contributed by atoms with van der Waals surface area (Å²) in [6.45, 7) is 2.59. The monoisotopic (exact) mass is 275 g/mol. The van der Waals surface area contributed by atoms with E-state index >= 15 is 0 Å². The van der Waals surface area contributed by atoms with Crippen molar-refractivity contribution in [3.05, 3.63) is 64.7 Å². The summed E-state index contributed by atoms with van der Waals surface area (Å²) in [6, 6.07) is 15.5. The van der Waals surface area contributed by atoms with Crippen molar-refractivity contribution >= 4 is 11.6 Å². The first kappa shape index (κ1) is 13.9. The topological polar surface area (TPSA) is 35.2 Å². The predicted octanol–water partition coefficient (Wildman–Crippen LogP) is 3.98. The van der Waals surface area contributed by atoms with E-state index in [4.69, 9.17) is 22.1 Å². The van der Waals surface area contributed by atoms with Crippen LogP contribution in [0.4, 0.5) is 0 Å². The molecule has 3 heteroatoms. The van der Waals surface area contributed by atoms with Crippen molar-refractivity contribution in [1.29, 1.82) is 0 Å². The molecule has 0 heterocycles. The van der Waals surface area contributed by atoms with Gasteiger partial charge in [-0.3, -0.25) is 0 Å². The molecule has 2 aromatic carbocycles. The lowest BCUT2D eigenvalue weighted by molar-refractivity contribution is 0.290. The Bertz CT molecular complexity index is 507. The molecule has 100 valence electrons. The lowest BCUT2D eigenvalue weighted by Gasteiger charge is -2.14. The van der Waals surface area contributed by atoms with Gasteiger partial charge < -0.3 is 10.5 Å². The Balaban J connectivity index is 1.93. The summed E-state index contributed by atoms with van der Waals surface area (Å²) in [7, 11) is 0. The summed E-state index contributed by atoms with van der Waals surface area (Å²) in [5.41, 5.74) is 8.52. The van der Waals surface area contributed by atoms with Crippen LogP contribution < -0.4 is 10.5 Å². The summed E-state index contributed by atoms with van der Waals surface area (Å²) in [6.07, 6.45) is 1.04. The Morgan fingerprint density at radius 3 is 2.26 bits per heavy atom. The summed E-state index contributed by atoms with van der Waals surface area (Å²) in [5.74, 6) is 0.782. The van der Waals surface area contributed by atoms with Gasteiger partial charge in [-0.05, 0) is 41.8 Å². The molecule has 0 fully saturated rings. The highest BCUT2D eigenvalue weighted by Crippen LogP contribution is 2.18. The van der Waals surface area contributed by atoms with Crippen LogP contribution in [0.25, 0.3) is 0 Å². The van der Waals surface area contributed by atoms with Crippen LogP contribution in [0.5, 0.6) is 5.75 Å². The van der Waals surface area contributed by atoms with Crippen molar-refractivity contribution in [2.75, 3.05) is 6.61 Å². The van der Waals surface area contributed by atoms with Crippen LogP contribution in [0.2, 0.25) is 5.02 Å². The Kier molecular flexibility index (Phi) is 4.83. The number of hydrogen-bond acceptors (Lipinski definition) is 2. The standard InChI is InChI=1S/C16H18ClNO/c1-2-12-3-5-13(6-4-12)16(18)11-19-15-9-7-14(17)8-10-15/h3-10,16H,2,11,18H2,1H3. The zero-order valence-electron chi connectivity index (χ0n) is 11.0. The van der Waals surface area contributed by atoms with Crippen LogP contribution in [0.3, 0.4) is 0 Å². The molecule has 2 N–H and O–H groups in total. The van der Waals surface area contributed by atoms with Crippen molar-refractivity contribution in [1.82, 2.24) is 0 Å². The van der Waals surface area contributed by atoms with Crippen LogP contribution in [0, 0.1) is 0 Å². The Morgan fingerprint density at radius 1 is 1.05 bits per heavy atom. The number of rotatable bonds is 5. The maximum Gasteiger partial charge on any atom is 0.119 e. The average molecular weight is 276 g/mol. The number of benzene rings is 2. The van der Waals surface area contributed by atoms with E-state index in [2.05, 4.69) is 31.2 Å². The van der Waals surface area contributed by atoms with Crippen molar-refractivity contribution in [3.8, 4) is 5.75 Å². The summed E-state index contributed by atoms with van der Waals surface area (Å²) in [5, 5.41) is 0.701. The Labute approximate surface area is 119 Å². The van der Waals surface area contributed by atoms with Crippen LogP contribution in [0.15, 0.2) is 48.5 Å². The molecule has 0 aromatic heterocycles. The molecular weight excluding hydrogens is 258 g/mol. The van der Waals surface area contributed by atoms with E-state index in [1.54, 1.807) is 12.1 Å². The summed E-state index contributed by atoms with van der Waals surface area (Å²) >= 11 is 5.82. The molecule has 0 saturated heterocycles. The number of hydrogen-bond donors (Lipinski definition) is 1. The van der Waals surface area contributed by atoms with Gasteiger partial charge in [0, 0.05) is 5.02 Å². The highest BCUT2D eigenvalue weighted by atomic mass is 35.5. The average Bonchev–Trinajstić information content (AvgIpc) is 2.46. The summed E-state index contributed by atoms with van der Waals surface area (Å²) < 4.78 is 5.65. The van der Waals surface area contributed by atoms with Gasteiger partial charge >= 0.3 is 0 Å². The van der Waals surface area contributed by atoms with E-state index in [1.807, 2.05) is 12.1 Å². The third-order valence-electron chi connectivity index (χ3n) is 3.06. The molecule has 0 aliphatic rings. The molecule has 19 heavy (non-hydrogen) atoms. The van der Waals surface area contributed by atoms with Gasteiger partial charge in [-0.1, -0.05) is 42.8 Å². The normalized spacial score (nSPS) is 12.2. The van der Waals surface area contributed by atoms with Gasteiger partial charge in [0.15, 0.2) is 0 Å². The van der Waals surface area contributed by atoms with Gasteiger partial charge in [0.2, 0.25) is 0 Å². The molecule has 0 bridgehead atoms. The number of ether oxygens (including phenoxy) is 1. The molecule has 0 saturated carbocycles. The second-order valence-corrected chi connectivity index (χ2v) is 4.90. The van der Waals surface area contributed by atoms with Crippen LogP contribution >= 0.6 is 11.6 Å². The first-order valence-electron chi connectivity index (χ1n) is 6.42. The molecule has 2 rings (SSSR count). The zero-order chi connectivity index (χ0) is 13.7. The minimum atomic E-state index is -0.124. The molecule has 0 aliphatic carbocycles. The second kappa shape index (κ2) is 6.60. The van der Waals surface area contributed by atoms with Crippen LogP contribution in [0.1, 0.15) is 24.1 Å². The van der Waals surface area contributed by atoms with Gasteiger partial charge in [0.25, 0.3) is 0 Å². The molecule has 0 amide bonds. The molecule has 2 nitrogen and oxygen atoms in total. The lowest BCUT2D eigenvalue weighted by Crippen LogP contribution is -2.18. The Morgan fingerprint density at radius 2 is 1.68 bits per heavy atom. The van der Waals surface area contributed by atoms with E-state index in [1.165, 1.54) is 5.56 Å². The number of aryl methyl sites for hydroxylation is 1. The number of nitrogens with two attached hydrogens (primary N) is 1. The molecular formula is C16H18ClNO. The predicted molar refractivity (Wildman–Crippen MR) is 79.7 cm³/mol. The van der Waals surface area contributed by atoms with Crippen molar-refractivity contribution in [2.45, 2.75) is 19.4 Å². The largest absolute Gasteiger partial charge is 0.492 e. The molecule has 0 spiro atoms. The van der Waals surface area contributed by atoms with Crippen molar-refractivity contribution < 1.29 is 4.74 Å². The van der Waals surface area contributed by atoms with Crippen LogP contribution in [-0.2, 0) is 6.42 Å². The SMILES string of the molecule is CCc1ccc(C(N)COc2ccc(Cl)cc2)cc1. The minimum absolute atomic E-state index is 0.124. The lowest BCUT2D eigenvalue weighted by atomic mass is 10.1. The maximum atomic E-state index is 6.11. The molecule has 1 unspecified atom stereocenters. The van der Waals surface area contributed by atoms with E-state index in [9.17, 15) is 0 Å². The van der Waals surface area contributed by atoms with Gasteiger partial charge in [-0.2, -0.15) is 0 Å². The quantitative estimate of drug-likeness (QED) is 0.896. The fourth-order valence-corrected chi connectivity index (χ4v) is 1.94. The molecule has 0 aliphatic heterocycles. The smallest absolute Gasteiger partial charge is 0.119 e. The van der Waals surface area contributed by atoms with Gasteiger partial charge in [-0.25, -0.2) is 0 Å². The van der Waals surface area contributed by atoms with E-state index in [0.29, 0.717) is 11.6 Å². The summed E-state index contributed by atoms with van der Waals surface area (Å²) in [4.78, 5) is 0. The fourth-order valence-electron chi connectivity index (χ4n) is 1.81. The van der Waals surface area contributed by atoms with E-state index in [-0.39, 0.29) is 6.04 Å². The molecule has 2 aromatic rings. The molecule has 1 atom stereocenters. The van der Waals surface area contributed by atoms with Crippen molar-refractivity contribution in [2.24, 2.45) is 5.73 Å². The number of halogens is 1. The highest BCUT2D eigenvalue weighted by molar-refractivity contribution is 6.30. The fraction of sp³-hybridized carbons (Fsp3) is 0.250. The maximum absolute atomic E-state index is 6.11. The molecule has 0 radical (unpaired) electrons. The van der Waals surface area contributed by atoms with Crippen LogP contribution in [-0.4, -0.2) is 6.61 Å². The minimum Gasteiger partial charge on any atom is -0.492 e.